The van der Waals surface area contributed by atoms with Gasteiger partial charge >= 0.3 is 0 Å². The SMILES string of the molecule is c1ccc(-c2cccc(N(c3ccc(-c4cccc(-n5c6ccccc6c6ccccc65)c4)cc3)c3ccc(-c4ccc5c(oc6ccccc65)c4-c4ccccc4)cc3)c2)cc1. The average Bonchev–Trinajstić information content (AvgIpc) is 3.91. The van der Waals surface area contributed by atoms with E-state index in [4.69, 9.17) is 4.42 Å². The second-order valence-corrected chi connectivity index (χ2v) is 16.1. The summed E-state index contributed by atoms with van der Waals surface area (Å²) < 4.78 is 9.00. The lowest BCUT2D eigenvalue weighted by Crippen LogP contribution is -2.10. The predicted molar refractivity (Wildman–Crippen MR) is 264 cm³/mol. The average molecular weight is 805 g/mol. The van der Waals surface area contributed by atoms with E-state index in [-0.39, 0.29) is 0 Å². The Bertz CT molecular complexity index is 3550. The smallest absolute Gasteiger partial charge is 0.143 e. The predicted octanol–water partition coefficient (Wildman–Crippen LogP) is 16.8. The van der Waals surface area contributed by atoms with Gasteiger partial charge in [0.2, 0.25) is 0 Å². The maximum atomic E-state index is 6.62. The summed E-state index contributed by atoms with van der Waals surface area (Å²) in [6.45, 7) is 0. The summed E-state index contributed by atoms with van der Waals surface area (Å²) >= 11 is 0. The summed E-state index contributed by atoms with van der Waals surface area (Å²) in [5.74, 6) is 0. The highest BCUT2D eigenvalue weighted by Crippen LogP contribution is 2.44. The molecular formula is C60H40N2O. The van der Waals surface area contributed by atoms with Crippen molar-refractivity contribution in [2.75, 3.05) is 4.90 Å². The Labute approximate surface area is 366 Å². The van der Waals surface area contributed by atoms with Gasteiger partial charge < -0.3 is 13.9 Å². The largest absolute Gasteiger partial charge is 0.455 e. The zero-order chi connectivity index (χ0) is 41.7. The van der Waals surface area contributed by atoms with Gasteiger partial charge in [0.1, 0.15) is 11.2 Å². The Morgan fingerprint density at radius 1 is 0.317 bits per heavy atom. The fourth-order valence-electron chi connectivity index (χ4n) is 9.44. The summed E-state index contributed by atoms with van der Waals surface area (Å²) in [4.78, 5) is 2.36. The monoisotopic (exact) mass is 804 g/mol. The van der Waals surface area contributed by atoms with E-state index in [2.05, 4.69) is 246 Å². The highest BCUT2D eigenvalue weighted by molar-refractivity contribution is 6.13. The molecule has 296 valence electrons. The van der Waals surface area contributed by atoms with E-state index in [1.807, 2.05) is 6.07 Å². The van der Waals surface area contributed by atoms with E-state index in [9.17, 15) is 0 Å². The number of hydrogen-bond donors (Lipinski definition) is 0. The van der Waals surface area contributed by atoms with Gasteiger partial charge in [-0.05, 0) is 112 Å². The lowest BCUT2D eigenvalue weighted by molar-refractivity contribution is 0.670. The van der Waals surface area contributed by atoms with Gasteiger partial charge in [0.25, 0.3) is 0 Å². The molecule has 0 unspecified atom stereocenters. The van der Waals surface area contributed by atoms with E-state index < -0.39 is 0 Å². The minimum atomic E-state index is 0.896. The summed E-state index contributed by atoms with van der Waals surface area (Å²) in [6.07, 6.45) is 0. The Kier molecular flexibility index (Phi) is 8.83. The summed E-state index contributed by atoms with van der Waals surface area (Å²) in [5.41, 5.74) is 17.7. The van der Waals surface area contributed by atoms with Gasteiger partial charge in [-0.25, -0.2) is 0 Å². The normalized spacial score (nSPS) is 11.5. The Balaban J connectivity index is 0.952. The first kappa shape index (κ1) is 36.5. The number of anilines is 3. The maximum absolute atomic E-state index is 6.62. The maximum Gasteiger partial charge on any atom is 0.143 e. The molecule has 0 bridgehead atoms. The number of para-hydroxylation sites is 3. The van der Waals surface area contributed by atoms with Gasteiger partial charge in [0, 0.05) is 49.9 Å². The highest BCUT2D eigenvalue weighted by atomic mass is 16.3. The van der Waals surface area contributed by atoms with Gasteiger partial charge in [-0.1, -0.05) is 170 Å². The highest BCUT2D eigenvalue weighted by Gasteiger charge is 2.20. The fraction of sp³-hybridized carbons (Fsp3) is 0. The lowest BCUT2D eigenvalue weighted by Gasteiger charge is -2.26. The first-order chi connectivity index (χ1) is 31.2. The van der Waals surface area contributed by atoms with Crippen molar-refractivity contribution in [3.8, 4) is 50.2 Å². The second-order valence-electron chi connectivity index (χ2n) is 16.1. The third kappa shape index (κ3) is 6.38. The number of fused-ring (bicyclic) bond motifs is 6. The van der Waals surface area contributed by atoms with Gasteiger partial charge in [-0.3, -0.25) is 0 Å². The van der Waals surface area contributed by atoms with Crippen LogP contribution in [0.3, 0.4) is 0 Å². The van der Waals surface area contributed by atoms with Crippen LogP contribution in [0.5, 0.6) is 0 Å². The molecule has 0 aliphatic rings. The number of rotatable bonds is 8. The zero-order valence-electron chi connectivity index (χ0n) is 34.4. The van der Waals surface area contributed by atoms with Crippen LogP contribution in [0.15, 0.2) is 247 Å². The van der Waals surface area contributed by atoms with Crippen LogP contribution in [0.2, 0.25) is 0 Å². The molecule has 0 aliphatic carbocycles. The number of aromatic nitrogens is 1. The van der Waals surface area contributed by atoms with Crippen molar-refractivity contribution >= 4 is 60.8 Å². The van der Waals surface area contributed by atoms with E-state index in [0.29, 0.717) is 0 Å². The van der Waals surface area contributed by atoms with Crippen molar-refractivity contribution in [2.45, 2.75) is 0 Å². The van der Waals surface area contributed by atoms with E-state index in [1.54, 1.807) is 0 Å². The van der Waals surface area contributed by atoms with Crippen molar-refractivity contribution in [2.24, 2.45) is 0 Å². The third-order valence-corrected chi connectivity index (χ3v) is 12.4. The first-order valence-electron chi connectivity index (χ1n) is 21.5. The third-order valence-electron chi connectivity index (χ3n) is 12.4. The molecule has 0 spiro atoms. The van der Waals surface area contributed by atoms with Gasteiger partial charge in [0.05, 0.1) is 11.0 Å². The minimum Gasteiger partial charge on any atom is -0.455 e. The fourth-order valence-corrected chi connectivity index (χ4v) is 9.44. The minimum absolute atomic E-state index is 0.896. The number of benzene rings is 10. The van der Waals surface area contributed by atoms with Crippen molar-refractivity contribution in [1.82, 2.24) is 4.57 Å². The molecule has 0 saturated heterocycles. The molecule has 2 heterocycles. The molecule has 0 saturated carbocycles. The molecule has 0 amide bonds. The first-order valence-corrected chi connectivity index (χ1v) is 21.5. The molecule has 63 heavy (non-hydrogen) atoms. The molecule has 0 fully saturated rings. The van der Waals surface area contributed by atoms with Crippen LogP contribution in [-0.2, 0) is 0 Å². The summed E-state index contributed by atoms with van der Waals surface area (Å²) in [7, 11) is 0. The molecule has 0 atom stereocenters. The Morgan fingerprint density at radius 2 is 0.841 bits per heavy atom. The standard InChI is InChI=1S/C60H40N2O/c1-3-15-41(16-4-1)45-19-13-21-49(39-45)61(47-33-29-42(30-34-47)46-20-14-22-50(40-46)62-56-26-10-7-23-52(56)53-24-8-11-27-57(53)62)48-35-31-43(32-36-48)51-37-38-55-54-25-9-12-28-58(54)63-60(55)59(51)44-17-5-2-6-18-44/h1-40H. The van der Waals surface area contributed by atoms with Crippen molar-refractivity contribution in [1.29, 1.82) is 0 Å². The van der Waals surface area contributed by atoms with Gasteiger partial charge in [-0.15, -0.1) is 0 Å². The Morgan fingerprint density at radius 3 is 1.52 bits per heavy atom. The van der Waals surface area contributed by atoms with Crippen molar-refractivity contribution in [3.63, 3.8) is 0 Å². The molecule has 3 heteroatoms. The van der Waals surface area contributed by atoms with Crippen LogP contribution in [0.25, 0.3) is 93.9 Å². The zero-order valence-corrected chi connectivity index (χ0v) is 34.4. The van der Waals surface area contributed by atoms with Crippen LogP contribution in [0.4, 0.5) is 17.1 Å². The van der Waals surface area contributed by atoms with Crippen LogP contribution < -0.4 is 4.90 Å². The second kappa shape index (κ2) is 15.3. The van der Waals surface area contributed by atoms with Gasteiger partial charge in [-0.2, -0.15) is 0 Å². The molecule has 2 aromatic heterocycles. The van der Waals surface area contributed by atoms with Crippen LogP contribution in [0.1, 0.15) is 0 Å². The number of nitrogens with zero attached hydrogens (tertiary/aromatic N) is 2. The van der Waals surface area contributed by atoms with E-state index in [0.717, 1.165) is 72.5 Å². The van der Waals surface area contributed by atoms with E-state index >= 15 is 0 Å². The van der Waals surface area contributed by atoms with Gasteiger partial charge in [0.15, 0.2) is 0 Å². The van der Waals surface area contributed by atoms with Crippen LogP contribution >= 0.6 is 0 Å². The number of furan rings is 1. The Hall–Kier alpha value is -8.40. The van der Waals surface area contributed by atoms with E-state index in [1.165, 1.54) is 38.5 Å². The molecule has 3 nitrogen and oxygen atoms in total. The molecule has 0 N–H and O–H groups in total. The molecule has 0 aliphatic heterocycles. The summed E-state index contributed by atoms with van der Waals surface area (Å²) in [6, 6.07) is 87.0. The summed E-state index contributed by atoms with van der Waals surface area (Å²) in [5, 5.41) is 4.77. The molecule has 12 rings (SSSR count). The topological polar surface area (TPSA) is 21.3 Å². The van der Waals surface area contributed by atoms with Crippen molar-refractivity contribution in [3.05, 3.63) is 243 Å². The molecule has 0 radical (unpaired) electrons. The lowest BCUT2D eigenvalue weighted by atomic mass is 9.92. The molecule has 12 aromatic rings. The van der Waals surface area contributed by atoms with Crippen molar-refractivity contribution < 1.29 is 4.42 Å². The number of hydrogen-bond acceptors (Lipinski definition) is 2. The quantitative estimate of drug-likeness (QED) is 0.153. The van der Waals surface area contributed by atoms with Crippen LogP contribution in [0, 0.1) is 0 Å². The molecular weight excluding hydrogens is 765 g/mol. The molecule has 10 aromatic carbocycles. The van der Waals surface area contributed by atoms with Crippen LogP contribution in [-0.4, -0.2) is 4.57 Å².